The first kappa shape index (κ1) is 19.2. The molecule has 2 fully saturated rings. The minimum absolute atomic E-state index is 0.0585. The average molecular weight is 363 g/mol. The summed E-state index contributed by atoms with van der Waals surface area (Å²) in [5.41, 5.74) is 1.14. The molecule has 7 heteroatoms. The molecular formula is C19H34N6O. The molecule has 0 aliphatic carbocycles. The van der Waals surface area contributed by atoms with E-state index < -0.39 is 0 Å². The van der Waals surface area contributed by atoms with Gasteiger partial charge in [0, 0.05) is 37.9 Å². The van der Waals surface area contributed by atoms with Gasteiger partial charge in [0.2, 0.25) is 0 Å². The molecule has 3 heterocycles. The lowest BCUT2D eigenvalue weighted by Crippen LogP contribution is -2.49. The molecule has 2 aliphatic heterocycles. The zero-order chi connectivity index (χ0) is 18.4. The molecule has 1 aromatic rings. The Morgan fingerprint density at radius 3 is 2.96 bits per heavy atom. The first-order valence-corrected chi connectivity index (χ1v) is 10.1. The van der Waals surface area contributed by atoms with Gasteiger partial charge in [-0.15, -0.1) is 0 Å². The summed E-state index contributed by atoms with van der Waals surface area (Å²) in [6, 6.07) is 0.581. The lowest BCUT2D eigenvalue weighted by molar-refractivity contribution is -0.00810. The summed E-state index contributed by atoms with van der Waals surface area (Å²) >= 11 is 0. The second-order valence-corrected chi connectivity index (χ2v) is 7.23. The fourth-order valence-electron chi connectivity index (χ4n) is 3.95. The van der Waals surface area contributed by atoms with Crippen LogP contribution in [-0.4, -0.2) is 77.5 Å². The van der Waals surface area contributed by atoms with Crippen molar-refractivity contribution < 1.29 is 4.74 Å². The van der Waals surface area contributed by atoms with Gasteiger partial charge in [-0.05, 0) is 32.9 Å². The number of morpholine rings is 1. The Balaban J connectivity index is 1.65. The number of ether oxygens (including phenoxy) is 1. The van der Waals surface area contributed by atoms with Gasteiger partial charge in [-0.25, -0.2) is 0 Å². The molecule has 1 N–H and O–H groups in total. The van der Waals surface area contributed by atoms with Gasteiger partial charge >= 0.3 is 0 Å². The number of rotatable bonds is 5. The second-order valence-electron chi connectivity index (χ2n) is 7.23. The van der Waals surface area contributed by atoms with E-state index in [1.165, 1.54) is 25.8 Å². The first-order chi connectivity index (χ1) is 12.7. The number of likely N-dealkylation sites (N-methyl/N-ethyl adjacent to an activating group) is 1. The molecule has 0 saturated carbocycles. The smallest absolute Gasteiger partial charge is 0.194 e. The van der Waals surface area contributed by atoms with Crippen molar-refractivity contribution in [2.24, 2.45) is 12.0 Å². The summed E-state index contributed by atoms with van der Waals surface area (Å²) < 4.78 is 7.81. The quantitative estimate of drug-likeness (QED) is 0.637. The topological polar surface area (TPSA) is 57.9 Å². The van der Waals surface area contributed by atoms with Crippen molar-refractivity contribution in [3.63, 3.8) is 0 Å². The molecule has 0 spiro atoms. The SMILES string of the molecule is CCNC(=NCC1CCCCN1CC)N1CCOC(c2cnn(C)c2)C1. The predicted molar refractivity (Wildman–Crippen MR) is 104 cm³/mol. The number of likely N-dealkylation sites (tertiary alicyclic amines) is 1. The summed E-state index contributed by atoms with van der Waals surface area (Å²) in [7, 11) is 1.94. The van der Waals surface area contributed by atoms with E-state index in [0.717, 1.165) is 44.2 Å². The van der Waals surface area contributed by atoms with E-state index in [4.69, 9.17) is 9.73 Å². The molecule has 0 aromatic carbocycles. The minimum Gasteiger partial charge on any atom is -0.370 e. The number of piperidine rings is 1. The van der Waals surface area contributed by atoms with Crippen molar-refractivity contribution in [1.82, 2.24) is 24.9 Å². The van der Waals surface area contributed by atoms with Crippen LogP contribution in [0.5, 0.6) is 0 Å². The van der Waals surface area contributed by atoms with Crippen LogP contribution in [0.25, 0.3) is 0 Å². The summed E-state index contributed by atoms with van der Waals surface area (Å²) in [5, 5.41) is 7.76. The zero-order valence-electron chi connectivity index (χ0n) is 16.5. The number of nitrogens with one attached hydrogen (secondary N) is 1. The summed E-state index contributed by atoms with van der Waals surface area (Å²) in [6.07, 6.45) is 7.91. The Bertz CT molecular complexity index is 586. The Morgan fingerprint density at radius 1 is 1.35 bits per heavy atom. The van der Waals surface area contributed by atoms with E-state index in [9.17, 15) is 0 Å². The fraction of sp³-hybridized carbons (Fsp3) is 0.789. The van der Waals surface area contributed by atoms with Gasteiger partial charge in [-0.1, -0.05) is 13.3 Å². The monoisotopic (exact) mass is 362 g/mol. The largest absolute Gasteiger partial charge is 0.370 e. The van der Waals surface area contributed by atoms with Gasteiger partial charge in [0.05, 0.1) is 25.9 Å². The van der Waals surface area contributed by atoms with Gasteiger partial charge in [-0.3, -0.25) is 14.6 Å². The number of aliphatic imine (C=N–C) groups is 1. The van der Waals surface area contributed by atoms with Gasteiger partial charge in [0.1, 0.15) is 6.10 Å². The Morgan fingerprint density at radius 2 is 2.23 bits per heavy atom. The van der Waals surface area contributed by atoms with Gasteiger partial charge < -0.3 is 15.0 Å². The minimum atomic E-state index is 0.0585. The molecule has 0 bridgehead atoms. The van der Waals surface area contributed by atoms with Crippen molar-refractivity contribution in [3.05, 3.63) is 18.0 Å². The van der Waals surface area contributed by atoms with Crippen LogP contribution in [0.2, 0.25) is 0 Å². The molecule has 1 aromatic heterocycles. The fourth-order valence-corrected chi connectivity index (χ4v) is 3.95. The number of guanidine groups is 1. The molecule has 3 rings (SSSR count). The Hall–Kier alpha value is -1.60. The van der Waals surface area contributed by atoms with Crippen LogP contribution < -0.4 is 5.32 Å². The van der Waals surface area contributed by atoms with Crippen molar-refractivity contribution >= 4 is 5.96 Å². The number of aromatic nitrogens is 2. The number of hydrogen-bond donors (Lipinski definition) is 1. The molecular weight excluding hydrogens is 328 g/mol. The van der Waals surface area contributed by atoms with Crippen LogP contribution in [-0.2, 0) is 11.8 Å². The van der Waals surface area contributed by atoms with Crippen LogP contribution in [0.15, 0.2) is 17.4 Å². The molecule has 0 radical (unpaired) electrons. The normalized spacial score (nSPS) is 25.5. The predicted octanol–water partition coefficient (Wildman–Crippen LogP) is 1.63. The second kappa shape index (κ2) is 9.37. The highest BCUT2D eigenvalue weighted by Gasteiger charge is 2.26. The number of aryl methyl sites for hydroxylation is 1. The number of nitrogens with zero attached hydrogens (tertiary/aromatic N) is 5. The van der Waals surface area contributed by atoms with Crippen LogP contribution in [0.1, 0.15) is 44.8 Å². The zero-order valence-corrected chi connectivity index (χ0v) is 16.5. The van der Waals surface area contributed by atoms with Crippen molar-refractivity contribution in [2.45, 2.75) is 45.3 Å². The lowest BCUT2D eigenvalue weighted by atomic mass is 10.0. The van der Waals surface area contributed by atoms with Crippen molar-refractivity contribution in [1.29, 1.82) is 0 Å². The maximum absolute atomic E-state index is 5.98. The highest BCUT2D eigenvalue weighted by Crippen LogP contribution is 2.22. The molecule has 2 unspecified atom stereocenters. The third-order valence-corrected chi connectivity index (χ3v) is 5.40. The van der Waals surface area contributed by atoms with Crippen LogP contribution in [0, 0.1) is 0 Å². The lowest BCUT2D eigenvalue weighted by Gasteiger charge is -2.36. The Labute approximate surface area is 157 Å². The third-order valence-electron chi connectivity index (χ3n) is 5.40. The van der Waals surface area contributed by atoms with E-state index in [1.54, 1.807) is 0 Å². The van der Waals surface area contributed by atoms with Crippen molar-refractivity contribution in [2.75, 3.05) is 45.9 Å². The molecule has 0 amide bonds. The summed E-state index contributed by atoms with van der Waals surface area (Å²) in [4.78, 5) is 9.92. The molecule has 26 heavy (non-hydrogen) atoms. The van der Waals surface area contributed by atoms with Gasteiger partial charge in [-0.2, -0.15) is 5.10 Å². The Kier molecular flexibility index (Phi) is 6.91. The van der Waals surface area contributed by atoms with Crippen LogP contribution in [0.4, 0.5) is 0 Å². The molecule has 2 aliphatic rings. The maximum atomic E-state index is 5.98. The molecule has 2 atom stereocenters. The summed E-state index contributed by atoms with van der Waals surface area (Å²) in [5.74, 6) is 1.02. The average Bonchev–Trinajstić information content (AvgIpc) is 3.12. The highest BCUT2D eigenvalue weighted by atomic mass is 16.5. The number of hydrogen-bond acceptors (Lipinski definition) is 4. The maximum Gasteiger partial charge on any atom is 0.194 e. The van der Waals surface area contributed by atoms with Crippen LogP contribution >= 0.6 is 0 Å². The molecule has 146 valence electrons. The third kappa shape index (κ3) is 4.76. The van der Waals surface area contributed by atoms with E-state index >= 15 is 0 Å². The van der Waals surface area contributed by atoms with Gasteiger partial charge in [0.25, 0.3) is 0 Å². The highest BCUT2D eigenvalue weighted by molar-refractivity contribution is 5.80. The standard InChI is InChI=1S/C19H34N6O/c1-4-20-19(21-13-17-8-6-7-9-24(17)5-2)25-10-11-26-18(15-25)16-12-22-23(3)14-16/h12,14,17-18H,4-11,13,15H2,1-3H3,(H,20,21). The van der Waals surface area contributed by atoms with E-state index in [2.05, 4.69) is 34.1 Å². The van der Waals surface area contributed by atoms with E-state index in [1.807, 2.05) is 24.1 Å². The van der Waals surface area contributed by atoms with Crippen molar-refractivity contribution in [3.8, 4) is 0 Å². The van der Waals surface area contributed by atoms with Crippen LogP contribution in [0.3, 0.4) is 0 Å². The molecule has 7 nitrogen and oxygen atoms in total. The van der Waals surface area contributed by atoms with Gasteiger partial charge in [0.15, 0.2) is 5.96 Å². The van der Waals surface area contributed by atoms with E-state index in [-0.39, 0.29) is 6.10 Å². The molecule has 2 saturated heterocycles. The van der Waals surface area contributed by atoms with E-state index in [0.29, 0.717) is 12.6 Å². The first-order valence-electron chi connectivity index (χ1n) is 10.1. The summed E-state index contributed by atoms with van der Waals surface area (Å²) in [6.45, 7) is 10.9.